The fourth-order valence-corrected chi connectivity index (χ4v) is 1.31. The predicted octanol–water partition coefficient (Wildman–Crippen LogP) is 0.929. The van der Waals surface area contributed by atoms with Crippen LogP contribution in [0.4, 0.5) is 19.2 Å². The number of aromatic nitrogens is 2. The topological polar surface area (TPSA) is 74.4 Å². The summed E-state index contributed by atoms with van der Waals surface area (Å²) in [5, 5.41) is 19.0. The van der Waals surface area contributed by atoms with E-state index in [1.807, 2.05) is 13.8 Å². The zero-order valence-corrected chi connectivity index (χ0v) is 10.7. The Morgan fingerprint density at radius 2 is 2.05 bits per heavy atom. The Bertz CT molecular complexity index is 381. The molecule has 1 heterocycles. The lowest BCUT2D eigenvalue weighted by molar-refractivity contribution is -0.120. The molecule has 0 aliphatic carbocycles. The van der Waals surface area contributed by atoms with E-state index in [0.717, 1.165) is 4.90 Å². The number of hydrogen-bond donors (Lipinski definition) is 2. The van der Waals surface area contributed by atoms with Crippen molar-refractivity contribution in [3.05, 3.63) is 5.89 Å². The summed E-state index contributed by atoms with van der Waals surface area (Å²) in [5.41, 5.74) is 0. The Labute approximate surface area is 108 Å². The highest BCUT2D eigenvalue weighted by molar-refractivity contribution is 5.24. The van der Waals surface area contributed by atoms with Crippen LogP contribution in [0.2, 0.25) is 0 Å². The molecule has 2 N–H and O–H groups in total. The Hall–Kier alpha value is -1.35. The van der Waals surface area contributed by atoms with Crippen LogP contribution in [-0.4, -0.2) is 47.2 Å². The number of halogens is 3. The second-order valence-corrected chi connectivity index (χ2v) is 4.27. The maximum absolute atomic E-state index is 12.3. The summed E-state index contributed by atoms with van der Waals surface area (Å²) in [4.78, 5) is 0.797. The molecular formula is C10H17F3N4O2. The highest BCUT2D eigenvalue weighted by Gasteiger charge is 2.32. The van der Waals surface area contributed by atoms with Gasteiger partial charge >= 0.3 is 12.2 Å². The summed E-state index contributed by atoms with van der Waals surface area (Å²) in [7, 11) is 0. The van der Waals surface area contributed by atoms with Gasteiger partial charge in [0, 0.05) is 12.6 Å². The van der Waals surface area contributed by atoms with Crippen molar-refractivity contribution in [2.75, 3.05) is 24.6 Å². The minimum Gasteiger partial charge on any atom is -0.407 e. The number of nitrogens with zero attached hydrogens (tertiary/aromatic N) is 3. The maximum atomic E-state index is 12.3. The first-order valence-corrected chi connectivity index (χ1v) is 5.80. The molecule has 0 aromatic carbocycles. The van der Waals surface area contributed by atoms with Gasteiger partial charge in [0.2, 0.25) is 5.89 Å². The fraction of sp³-hybridized carbons (Fsp3) is 0.800. The van der Waals surface area contributed by atoms with Gasteiger partial charge in [0.05, 0.1) is 13.2 Å². The summed E-state index contributed by atoms with van der Waals surface area (Å²) in [6, 6.07) is -0.0500. The Morgan fingerprint density at radius 3 is 2.58 bits per heavy atom. The average Bonchev–Trinajstić information content (AvgIpc) is 2.72. The van der Waals surface area contributed by atoms with Crippen molar-refractivity contribution in [1.29, 1.82) is 0 Å². The number of anilines is 1. The van der Waals surface area contributed by atoms with Crippen molar-refractivity contribution >= 4 is 6.01 Å². The van der Waals surface area contributed by atoms with Gasteiger partial charge in [-0.05, 0) is 0 Å². The van der Waals surface area contributed by atoms with Gasteiger partial charge in [0.25, 0.3) is 0 Å². The summed E-state index contributed by atoms with van der Waals surface area (Å²) >= 11 is 0. The van der Waals surface area contributed by atoms with E-state index in [0.29, 0.717) is 0 Å². The Balaban J connectivity index is 2.69. The average molecular weight is 282 g/mol. The summed E-state index contributed by atoms with van der Waals surface area (Å²) in [5.74, 6) is 0.203. The van der Waals surface area contributed by atoms with Gasteiger partial charge in [-0.15, -0.1) is 5.10 Å². The molecule has 0 atom stereocenters. The normalized spacial score (nSPS) is 12.2. The number of aliphatic hydroxyl groups excluding tert-OH is 1. The van der Waals surface area contributed by atoms with E-state index in [1.165, 1.54) is 0 Å². The van der Waals surface area contributed by atoms with Crippen molar-refractivity contribution in [3.8, 4) is 0 Å². The van der Waals surface area contributed by atoms with Crippen LogP contribution in [0.1, 0.15) is 19.7 Å². The molecular weight excluding hydrogens is 265 g/mol. The minimum atomic E-state index is -4.40. The molecule has 0 aliphatic heterocycles. The molecule has 9 heteroatoms. The van der Waals surface area contributed by atoms with Gasteiger partial charge in [-0.1, -0.05) is 18.9 Å². The van der Waals surface area contributed by atoms with E-state index in [9.17, 15) is 13.2 Å². The zero-order chi connectivity index (χ0) is 14.5. The third kappa shape index (κ3) is 5.88. The number of rotatable bonds is 7. The van der Waals surface area contributed by atoms with Crippen molar-refractivity contribution < 1.29 is 22.7 Å². The SMILES string of the molecule is CC(C)NCc1nnc(N(CCO)CC(F)(F)F)o1. The van der Waals surface area contributed by atoms with Crippen molar-refractivity contribution in [2.45, 2.75) is 32.6 Å². The first-order chi connectivity index (χ1) is 8.81. The quantitative estimate of drug-likeness (QED) is 0.775. The molecule has 1 aromatic rings. The number of nitrogens with one attached hydrogen (secondary N) is 1. The van der Waals surface area contributed by atoms with E-state index in [2.05, 4.69) is 15.5 Å². The minimum absolute atomic E-state index is 0.194. The Morgan fingerprint density at radius 1 is 1.37 bits per heavy atom. The summed E-state index contributed by atoms with van der Waals surface area (Å²) < 4.78 is 42.2. The molecule has 0 unspecified atom stereocenters. The monoisotopic (exact) mass is 282 g/mol. The smallest absolute Gasteiger partial charge is 0.406 e. The summed E-state index contributed by atoms with van der Waals surface area (Å²) in [6.07, 6.45) is -4.40. The number of alkyl halides is 3. The van der Waals surface area contributed by atoms with Gasteiger partial charge in [-0.2, -0.15) is 13.2 Å². The first kappa shape index (κ1) is 15.7. The van der Waals surface area contributed by atoms with Crippen LogP contribution in [0.15, 0.2) is 4.42 Å². The van der Waals surface area contributed by atoms with E-state index in [4.69, 9.17) is 9.52 Å². The zero-order valence-electron chi connectivity index (χ0n) is 10.7. The molecule has 0 aliphatic rings. The number of hydrogen-bond acceptors (Lipinski definition) is 6. The van der Waals surface area contributed by atoms with Gasteiger partial charge in [-0.25, -0.2) is 0 Å². The lowest BCUT2D eigenvalue weighted by Crippen LogP contribution is -2.36. The van der Waals surface area contributed by atoms with Crippen molar-refractivity contribution in [2.24, 2.45) is 0 Å². The molecule has 0 bridgehead atoms. The van der Waals surface area contributed by atoms with E-state index in [1.54, 1.807) is 0 Å². The van der Waals surface area contributed by atoms with Gasteiger partial charge < -0.3 is 19.7 Å². The molecule has 0 amide bonds. The molecule has 1 aromatic heterocycles. The third-order valence-corrected chi connectivity index (χ3v) is 2.13. The van der Waals surface area contributed by atoms with Crippen molar-refractivity contribution in [3.63, 3.8) is 0 Å². The van der Waals surface area contributed by atoms with Gasteiger partial charge in [0.1, 0.15) is 6.54 Å². The fourth-order valence-electron chi connectivity index (χ4n) is 1.31. The second-order valence-electron chi connectivity index (χ2n) is 4.27. The molecule has 1 rings (SSSR count). The predicted molar refractivity (Wildman–Crippen MR) is 61.6 cm³/mol. The van der Waals surface area contributed by atoms with Crippen LogP contribution in [0.25, 0.3) is 0 Å². The van der Waals surface area contributed by atoms with Crippen LogP contribution < -0.4 is 10.2 Å². The van der Waals surface area contributed by atoms with Crippen LogP contribution in [-0.2, 0) is 6.54 Å². The van der Waals surface area contributed by atoms with Crippen LogP contribution in [0.5, 0.6) is 0 Å². The Kier molecular flexibility index (Phi) is 5.55. The second kappa shape index (κ2) is 6.71. The molecule has 6 nitrogen and oxygen atoms in total. The lowest BCUT2D eigenvalue weighted by Gasteiger charge is -2.20. The number of aliphatic hydroxyl groups is 1. The molecule has 0 saturated carbocycles. The van der Waals surface area contributed by atoms with Crippen molar-refractivity contribution in [1.82, 2.24) is 15.5 Å². The van der Waals surface area contributed by atoms with Gasteiger partial charge in [0.15, 0.2) is 0 Å². The standard InChI is InChI=1S/C10H17F3N4O2/c1-7(2)14-5-8-15-16-9(19-8)17(3-4-18)6-10(11,12)13/h7,14,18H,3-6H2,1-2H3. The van der Waals surface area contributed by atoms with E-state index in [-0.39, 0.29) is 31.0 Å². The van der Waals surface area contributed by atoms with Crippen LogP contribution >= 0.6 is 0 Å². The lowest BCUT2D eigenvalue weighted by atomic mass is 10.4. The van der Waals surface area contributed by atoms with Crippen LogP contribution in [0, 0.1) is 0 Å². The van der Waals surface area contributed by atoms with E-state index >= 15 is 0 Å². The van der Waals surface area contributed by atoms with Gasteiger partial charge in [-0.3, -0.25) is 0 Å². The summed E-state index contributed by atoms with van der Waals surface area (Å²) in [6.45, 7) is 2.21. The van der Waals surface area contributed by atoms with E-state index < -0.39 is 19.3 Å². The molecule has 0 saturated heterocycles. The third-order valence-electron chi connectivity index (χ3n) is 2.13. The molecule has 19 heavy (non-hydrogen) atoms. The maximum Gasteiger partial charge on any atom is 0.406 e. The molecule has 110 valence electrons. The molecule has 0 fully saturated rings. The van der Waals surface area contributed by atoms with Crippen LogP contribution in [0.3, 0.4) is 0 Å². The highest BCUT2D eigenvalue weighted by atomic mass is 19.4. The molecule has 0 spiro atoms. The largest absolute Gasteiger partial charge is 0.407 e. The molecule has 0 radical (unpaired) electrons. The first-order valence-electron chi connectivity index (χ1n) is 5.80. The highest BCUT2D eigenvalue weighted by Crippen LogP contribution is 2.20.